The molecule has 239 valence electrons. The number of ether oxygens (including phenoxy) is 4. The van der Waals surface area contributed by atoms with Gasteiger partial charge in [-0.15, -0.1) is 0 Å². The second-order valence-electron chi connectivity index (χ2n) is 11.8. The van der Waals surface area contributed by atoms with Crippen LogP contribution in [0.5, 0.6) is 0 Å². The van der Waals surface area contributed by atoms with Crippen molar-refractivity contribution in [3.63, 3.8) is 0 Å². The van der Waals surface area contributed by atoms with Crippen LogP contribution >= 0.6 is 22.8 Å². The molecule has 3 aliphatic rings. The van der Waals surface area contributed by atoms with Crippen molar-refractivity contribution in [3.8, 4) is 0 Å². The highest BCUT2D eigenvalue weighted by Crippen LogP contribution is 2.52. The minimum absolute atomic E-state index is 0.0817. The fraction of sp³-hybridized carbons (Fsp3) is 1.00. The summed E-state index contributed by atoms with van der Waals surface area (Å²) in [5, 5.41) is 0. The van der Waals surface area contributed by atoms with E-state index in [4.69, 9.17) is 72.6 Å². The first kappa shape index (κ1) is 39.1. The molecular weight excluding hydrogens is 630 g/mol. The molecule has 0 saturated carbocycles. The Balaban J connectivity index is 1.65. The third kappa shape index (κ3) is 10.3. The molecule has 3 saturated heterocycles. The predicted octanol–water partition coefficient (Wildman–Crippen LogP) is 0.729. The highest BCUT2D eigenvalue weighted by Gasteiger charge is 2.49. The molecule has 1 N–H and O–H groups in total. The van der Waals surface area contributed by atoms with Gasteiger partial charge in [0.25, 0.3) is 0 Å². The second-order valence-corrected chi connectivity index (χ2v) is 17.7. The molecule has 15 unspecified atom stereocenters. The average Bonchev–Trinajstić information content (AvgIpc) is 3.50. The predicted molar refractivity (Wildman–Crippen MR) is 169 cm³/mol. The number of hydrogen-bond acceptors (Lipinski definition) is 12. The molecule has 0 bridgehead atoms. The maximum atomic E-state index is 13.5. The van der Waals surface area contributed by atoms with Crippen molar-refractivity contribution in [2.45, 2.75) is 75.4 Å². The molecule has 0 aromatic rings. The van der Waals surface area contributed by atoms with Crippen molar-refractivity contribution < 1.29 is 60.2 Å². The highest BCUT2D eigenvalue weighted by molar-refractivity contribution is 7.53. The summed E-state index contributed by atoms with van der Waals surface area (Å²) in [4.78, 5) is 9.57. The van der Waals surface area contributed by atoms with Crippen LogP contribution in [0.25, 0.3) is 0 Å². The summed E-state index contributed by atoms with van der Waals surface area (Å²) in [6, 6.07) is -1.83. The van der Waals surface area contributed by atoms with E-state index in [2.05, 4.69) is 0 Å². The van der Waals surface area contributed by atoms with Gasteiger partial charge >= 0.3 is 22.8 Å². The van der Waals surface area contributed by atoms with Gasteiger partial charge in [0.1, 0.15) is 26.2 Å². The molecule has 0 aliphatic carbocycles. The van der Waals surface area contributed by atoms with Crippen LogP contribution in [0.3, 0.4) is 0 Å². The summed E-state index contributed by atoms with van der Waals surface area (Å²) in [7, 11) is 15.0. The zero-order valence-corrected chi connectivity index (χ0v) is 28.9. The van der Waals surface area contributed by atoms with Crippen LogP contribution in [-0.2, 0) is 55.3 Å². The number of rotatable bonds is 16. The molecule has 3 rings (SSSR count). The topological polar surface area (TPSA) is 155 Å². The van der Waals surface area contributed by atoms with E-state index in [1.54, 1.807) is 13.8 Å². The van der Waals surface area contributed by atoms with Gasteiger partial charge in [-0.2, -0.15) is 0 Å². The summed E-state index contributed by atoms with van der Waals surface area (Å²) < 4.78 is 89.9. The van der Waals surface area contributed by atoms with Gasteiger partial charge in [0.2, 0.25) is 0 Å². The Hall–Kier alpha value is 0.680. The van der Waals surface area contributed by atoms with E-state index in [1.807, 2.05) is 6.92 Å². The molecule has 13 nitrogen and oxygen atoms in total. The normalized spacial score (nSPS) is 41.5. The van der Waals surface area contributed by atoms with Crippen molar-refractivity contribution in [2.75, 3.05) is 46.9 Å². The van der Waals surface area contributed by atoms with Crippen molar-refractivity contribution in [3.05, 3.63) is 0 Å². The SMILES string of the molecule is [B][B]C1OC(COP(C)(=O)OC2C(COP(C)(=O)O)OC(B([B])[B])C2C)C(OP(C)(=O)OCC2OC([B])C(C)C2OC)C1C. The molecular formula is C22H40B6O13P3. The lowest BCUT2D eigenvalue weighted by Gasteiger charge is -2.29. The molecule has 3 aliphatic heterocycles. The van der Waals surface area contributed by atoms with E-state index in [1.165, 1.54) is 27.6 Å². The molecule has 15 atom stereocenters. The van der Waals surface area contributed by atoms with Crippen molar-refractivity contribution in [2.24, 2.45) is 17.8 Å². The number of methoxy groups -OCH3 is 1. The minimum atomic E-state index is -3.84. The van der Waals surface area contributed by atoms with Crippen molar-refractivity contribution in [1.29, 1.82) is 0 Å². The molecule has 22 heteroatoms. The average molecular weight is 670 g/mol. The van der Waals surface area contributed by atoms with Crippen LogP contribution in [0.1, 0.15) is 20.8 Å². The molecule has 9 radical (unpaired) electrons. The Morgan fingerprint density at radius 2 is 1.25 bits per heavy atom. The van der Waals surface area contributed by atoms with Gasteiger partial charge in [0.15, 0.2) is 0 Å². The molecule has 44 heavy (non-hydrogen) atoms. The zero-order chi connectivity index (χ0) is 33.2. The quantitative estimate of drug-likeness (QED) is 0.182. The van der Waals surface area contributed by atoms with Gasteiger partial charge in [0.05, 0.1) is 51.8 Å². The summed E-state index contributed by atoms with van der Waals surface area (Å²) >= 11 is 0. The lowest BCUT2D eigenvalue weighted by atomic mass is 9.16. The van der Waals surface area contributed by atoms with Gasteiger partial charge in [0, 0.05) is 86.1 Å². The summed E-state index contributed by atoms with van der Waals surface area (Å²) in [6.07, 6.45) is -4.37. The third-order valence-corrected chi connectivity index (χ3v) is 11.2. The van der Waals surface area contributed by atoms with Crippen LogP contribution in [0.2, 0.25) is 0 Å². The monoisotopic (exact) mass is 671 g/mol. The fourth-order valence-electron chi connectivity index (χ4n) is 5.68. The van der Waals surface area contributed by atoms with Gasteiger partial charge in [-0.1, -0.05) is 20.8 Å². The van der Waals surface area contributed by atoms with Gasteiger partial charge in [-0.25, -0.2) is 0 Å². The zero-order valence-electron chi connectivity index (χ0n) is 26.2. The standard InChI is InChI=1S/C22H40B6O13P3/c1-11-17(33-4)14(37-20(11)23)9-35-43(6,31)40-18-12(2)21(27-24)38-15(18)10-36-44(7,32)41-19-13(3)22(28(25)26)39-16(19)8-34-42(5,29)30/h11-22H,8-10H2,1-7H3,(H,29,30). The summed E-state index contributed by atoms with van der Waals surface area (Å²) in [5.74, 6) is -0.927. The minimum Gasteiger partial charge on any atom is -0.379 e. The van der Waals surface area contributed by atoms with Crippen LogP contribution in [0.15, 0.2) is 0 Å². The molecule has 3 heterocycles. The van der Waals surface area contributed by atoms with E-state index in [0.717, 1.165) is 6.66 Å². The third-order valence-electron chi connectivity index (χ3n) is 8.10. The lowest BCUT2D eigenvalue weighted by Crippen LogP contribution is -2.38. The van der Waals surface area contributed by atoms with Gasteiger partial charge < -0.3 is 46.5 Å². The number of hydrogen-bond donors (Lipinski definition) is 1. The van der Waals surface area contributed by atoms with Gasteiger partial charge in [-0.05, 0) is 0 Å². The van der Waals surface area contributed by atoms with E-state index in [-0.39, 0.29) is 37.8 Å². The van der Waals surface area contributed by atoms with Crippen LogP contribution < -0.4 is 0 Å². The van der Waals surface area contributed by atoms with E-state index in [0.29, 0.717) is 0 Å². The lowest BCUT2D eigenvalue weighted by molar-refractivity contribution is -0.0281. The van der Waals surface area contributed by atoms with Gasteiger partial charge in [-0.3, -0.25) is 13.7 Å². The summed E-state index contributed by atoms with van der Waals surface area (Å²) in [6.45, 7) is 7.46. The Bertz CT molecular complexity index is 1090. The van der Waals surface area contributed by atoms with Crippen molar-refractivity contribution >= 4 is 67.5 Å². The Kier molecular flexibility index (Phi) is 14.2. The van der Waals surface area contributed by atoms with Crippen LogP contribution in [0, 0.1) is 17.8 Å². The first-order valence-corrected chi connectivity index (χ1v) is 20.4. The maximum absolute atomic E-state index is 13.5. The first-order chi connectivity index (χ1) is 20.3. The fourth-order valence-corrected chi connectivity index (χ4v) is 8.60. The Morgan fingerprint density at radius 1 is 0.773 bits per heavy atom. The molecule has 0 amide bonds. The molecule has 3 fully saturated rings. The first-order valence-electron chi connectivity index (χ1n) is 14.4. The maximum Gasteiger partial charge on any atom is 0.328 e. The molecule has 0 aromatic heterocycles. The Labute approximate surface area is 267 Å². The van der Waals surface area contributed by atoms with E-state index in [9.17, 15) is 18.6 Å². The van der Waals surface area contributed by atoms with Crippen molar-refractivity contribution in [1.82, 2.24) is 0 Å². The van der Waals surface area contributed by atoms with Crippen LogP contribution in [0.4, 0.5) is 0 Å². The Morgan fingerprint density at radius 3 is 1.73 bits per heavy atom. The van der Waals surface area contributed by atoms with E-state index >= 15 is 0 Å². The van der Waals surface area contributed by atoms with Crippen LogP contribution in [-0.4, -0.2) is 151 Å². The highest BCUT2D eigenvalue weighted by atomic mass is 31.2. The molecule has 0 aromatic carbocycles. The molecule has 0 spiro atoms. The van der Waals surface area contributed by atoms with E-state index < -0.39 is 83.7 Å². The summed E-state index contributed by atoms with van der Waals surface area (Å²) in [5.41, 5.74) is 0. The smallest absolute Gasteiger partial charge is 0.328 e. The second kappa shape index (κ2) is 15.9. The largest absolute Gasteiger partial charge is 0.379 e.